The first-order valence-corrected chi connectivity index (χ1v) is 7.73. The van der Waals surface area contributed by atoms with Crippen LogP contribution < -0.4 is 0 Å². The minimum atomic E-state index is -0.349. The number of rotatable bonds is 2. The van der Waals surface area contributed by atoms with Gasteiger partial charge in [0.15, 0.2) is 5.15 Å². The molecular weight excluding hydrogens is 293 g/mol. The largest absolute Gasteiger partial charge is 0.377 e. The molecule has 0 amide bonds. The Labute approximate surface area is 129 Å². The summed E-state index contributed by atoms with van der Waals surface area (Å²) in [5.74, 6) is 0.521. The molecule has 3 heterocycles. The van der Waals surface area contributed by atoms with Crippen molar-refractivity contribution in [3.05, 3.63) is 22.7 Å². The molecule has 0 spiro atoms. The average Bonchev–Trinajstić information content (AvgIpc) is 2.73. The molecule has 2 atom stereocenters. The number of aromatic nitrogens is 1. The van der Waals surface area contributed by atoms with Crippen LogP contribution in [0.3, 0.4) is 0 Å². The zero-order chi connectivity index (χ0) is 15.0. The lowest BCUT2D eigenvalue weighted by atomic mass is 10.1. The summed E-state index contributed by atoms with van der Waals surface area (Å²) < 4.78 is 19.4. The van der Waals surface area contributed by atoms with Crippen LogP contribution in [0.5, 0.6) is 0 Å². The van der Waals surface area contributed by atoms with Crippen LogP contribution in [0.1, 0.15) is 32.3 Å². The standard InChI is InChI=1S/C15H19ClFN3O/c1-3-12-13(17)6-18-15(16)14(12)19-9(2)20-10-4-5-11(20)8-21-7-10/h6,10-11H,3-5,7-8H2,1-2H3. The quantitative estimate of drug-likeness (QED) is 0.477. The van der Waals surface area contributed by atoms with Gasteiger partial charge < -0.3 is 9.64 Å². The molecule has 2 aliphatic rings. The van der Waals surface area contributed by atoms with Gasteiger partial charge in [0.25, 0.3) is 0 Å². The van der Waals surface area contributed by atoms with E-state index < -0.39 is 0 Å². The number of nitrogens with zero attached hydrogens (tertiary/aromatic N) is 3. The molecule has 1 aromatic rings. The fourth-order valence-electron chi connectivity index (χ4n) is 3.32. The Bertz CT molecular complexity index is 562. The van der Waals surface area contributed by atoms with Gasteiger partial charge in [0, 0.05) is 5.56 Å². The highest BCUT2D eigenvalue weighted by Gasteiger charge is 2.38. The van der Waals surface area contributed by atoms with Gasteiger partial charge in [-0.1, -0.05) is 18.5 Å². The number of fused-ring (bicyclic) bond motifs is 2. The zero-order valence-corrected chi connectivity index (χ0v) is 13.0. The normalized spacial score (nSPS) is 25.5. The van der Waals surface area contributed by atoms with Crippen LogP contribution in [-0.4, -0.2) is 41.0 Å². The summed E-state index contributed by atoms with van der Waals surface area (Å²) in [5, 5.41) is 0.258. The van der Waals surface area contributed by atoms with Crippen molar-refractivity contribution in [3.63, 3.8) is 0 Å². The van der Waals surface area contributed by atoms with Gasteiger partial charge in [-0.2, -0.15) is 0 Å². The maximum absolute atomic E-state index is 13.9. The van der Waals surface area contributed by atoms with Crippen LogP contribution in [0.15, 0.2) is 11.2 Å². The first-order valence-electron chi connectivity index (χ1n) is 7.36. The molecule has 2 bridgehead atoms. The van der Waals surface area contributed by atoms with E-state index in [1.54, 1.807) is 0 Å². The van der Waals surface area contributed by atoms with Gasteiger partial charge in [0.2, 0.25) is 0 Å². The van der Waals surface area contributed by atoms with Gasteiger partial charge in [-0.3, -0.25) is 0 Å². The molecule has 114 valence electrons. The van der Waals surface area contributed by atoms with E-state index in [9.17, 15) is 4.39 Å². The molecule has 4 nitrogen and oxygen atoms in total. The van der Waals surface area contributed by atoms with E-state index in [-0.39, 0.29) is 11.0 Å². The molecule has 2 saturated heterocycles. The predicted molar refractivity (Wildman–Crippen MR) is 80.8 cm³/mol. The van der Waals surface area contributed by atoms with E-state index in [0.717, 1.165) is 38.1 Å². The lowest BCUT2D eigenvalue weighted by Crippen LogP contribution is -2.48. The van der Waals surface area contributed by atoms with E-state index in [1.165, 1.54) is 0 Å². The summed E-state index contributed by atoms with van der Waals surface area (Å²) >= 11 is 6.12. The van der Waals surface area contributed by atoms with Gasteiger partial charge >= 0.3 is 0 Å². The molecular formula is C15H19ClFN3O. The molecule has 2 aliphatic heterocycles. The number of aliphatic imine (C=N–C) groups is 1. The maximum atomic E-state index is 13.9. The number of hydrogen-bond donors (Lipinski definition) is 0. The summed E-state index contributed by atoms with van der Waals surface area (Å²) in [6.45, 7) is 5.32. The number of pyridine rings is 1. The molecule has 1 aromatic heterocycles. The second kappa shape index (κ2) is 5.89. The molecule has 6 heteroatoms. The van der Waals surface area contributed by atoms with Crippen LogP contribution in [0.4, 0.5) is 10.1 Å². The highest BCUT2D eigenvalue weighted by Crippen LogP contribution is 2.33. The third-order valence-electron chi connectivity index (χ3n) is 4.30. The monoisotopic (exact) mass is 311 g/mol. The molecule has 0 radical (unpaired) electrons. The Morgan fingerprint density at radius 2 is 2.14 bits per heavy atom. The third-order valence-corrected chi connectivity index (χ3v) is 4.58. The second-order valence-electron chi connectivity index (χ2n) is 5.57. The van der Waals surface area contributed by atoms with Crippen molar-refractivity contribution >= 4 is 23.1 Å². The second-order valence-corrected chi connectivity index (χ2v) is 5.92. The fourth-order valence-corrected chi connectivity index (χ4v) is 3.52. The Morgan fingerprint density at radius 1 is 1.48 bits per heavy atom. The Morgan fingerprint density at radius 3 is 2.76 bits per heavy atom. The summed E-state index contributed by atoms with van der Waals surface area (Å²) in [6, 6.07) is 0.746. The van der Waals surface area contributed by atoms with Gasteiger partial charge in [0.05, 0.1) is 31.5 Å². The number of hydrogen-bond acceptors (Lipinski definition) is 3. The number of ether oxygens (including phenoxy) is 1. The van der Waals surface area contributed by atoms with Crippen LogP contribution >= 0.6 is 11.6 Å². The van der Waals surface area contributed by atoms with Crippen LogP contribution in [0, 0.1) is 5.82 Å². The van der Waals surface area contributed by atoms with Crippen molar-refractivity contribution < 1.29 is 9.13 Å². The first-order chi connectivity index (χ1) is 10.1. The lowest BCUT2D eigenvalue weighted by Gasteiger charge is -2.36. The molecule has 2 unspecified atom stereocenters. The number of morpholine rings is 1. The van der Waals surface area contributed by atoms with Gasteiger partial charge in [0.1, 0.15) is 17.3 Å². The molecule has 0 saturated carbocycles. The van der Waals surface area contributed by atoms with E-state index >= 15 is 0 Å². The first kappa shape index (κ1) is 14.7. The Kier molecular flexibility index (Phi) is 4.13. The van der Waals surface area contributed by atoms with Gasteiger partial charge in [-0.15, -0.1) is 0 Å². The van der Waals surface area contributed by atoms with Crippen molar-refractivity contribution in [2.24, 2.45) is 4.99 Å². The third kappa shape index (κ3) is 2.64. The van der Waals surface area contributed by atoms with Crippen molar-refractivity contribution in [1.29, 1.82) is 0 Å². The van der Waals surface area contributed by atoms with Gasteiger partial charge in [-0.25, -0.2) is 14.4 Å². The maximum Gasteiger partial charge on any atom is 0.155 e. The average molecular weight is 312 g/mol. The lowest BCUT2D eigenvalue weighted by molar-refractivity contribution is 0.0202. The van der Waals surface area contributed by atoms with E-state index in [4.69, 9.17) is 16.3 Å². The van der Waals surface area contributed by atoms with E-state index in [2.05, 4.69) is 14.9 Å². The molecule has 21 heavy (non-hydrogen) atoms. The Hall–Kier alpha value is -1.20. The van der Waals surface area contributed by atoms with E-state index in [0.29, 0.717) is 29.8 Å². The summed E-state index contributed by atoms with van der Waals surface area (Å²) in [4.78, 5) is 10.8. The van der Waals surface area contributed by atoms with Crippen LogP contribution in [0.2, 0.25) is 5.15 Å². The topological polar surface area (TPSA) is 37.7 Å². The van der Waals surface area contributed by atoms with Crippen molar-refractivity contribution in [2.75, 3.05) is 13.2 Å². The summed E-state index contributed by atoms with van der Waals surface area (Å²) in [5.41, 5.74) is 0.984. The number of amidine groups is 1. The van der Waals surface area contributed by atoms with Gasteiger partial charge in [-0.05, 0) is 26.2 Å². The molecule has 2 fully saturated rings. The molecule has 0 aliphatic carbocycles. The highest BCUT2D eigenvalue weighted by molar-refractivity contribution is 6.32. The van der Waals surface area contributed by atoms with Crippen molar-refractivity contribution in [3.8, 4) is 0 Å². The summed E-state index contributed by atoms with van der Waals surface area (Å²) in [7, 11) is 0. The smallest absolute Gasteiger partial charge is 0.155 e. The molecule has 0 N–H and O–H groups in total. The molecule has 0 aromatic carbocycles. The predicted octanol–water partition coefficient (Wildman–Crippen LogP) is 3.35. The minimum Gasteiger partial charge on any atom is -0.377 e. The SMILES string of the molecule is CCc1c(F)cnc(Cl)c1N=C(C)N1C2CCC1COC2. The van der Waals surface area contributed by atoms with E-state index in [1.807, 2.05) is 13.8 Å². The van der Waals surface area contributed by atoms with Crippen molar-refractivity contribution in [2.45, 2.75) is 45.2 Å². The van der Waals surface area contributed by atoms with Crippen LogP contribution in [-0.2, 0) is 11.2 Å². The molecule has 3 rings (SSSR count). The van der Waals surface area contributed by atoms with Crippen molar-refractivity contribution in [1.82, 2.24) is 9.88 Å². The fraction of sp³-hybridized carbons (Fsp3) is 0.600. The Balaban J connectivity index is 1.96. The highest BCUT2D eigenvalue weighted by atomic mass is 35.5. The zero-order valence-electron chi connectivity index (χ0n) is 12.3. The van der Waals surface area contributed by atoms with Crippen LogP contribution in [0.25, 0.3) is 0 Å². The minimum absolute atomic E-state index is 0.258. The number of halogens is 2. The summed E-state index contributed by atoms with van der Waals surface area (Å²) in [6.07, 6.45) is 3.94.